The van der Waals surface area contributed by atoms with Gasteiger partial charge in [-0.2, -0.15) is 0 Å². The van der Waals surface area contributed by atoms with Crippen LogP contribution < -0.4 is 0 Å². The van der Waals surface area contributed by atoms with E-state index in [4.69, 9.17) is 16.7 Å². The van der Waals surface area contributed by atoms with E-state index in [0.717, 1.165) is 0 Å². The van der Waals surface area contributed by atoms with Crippen LogP contribution in [-0.2, 0) is 0 Å². The molecule has 4 heteroatoms. The molecule has 0 saturated carbocycles. The van der Waals surface area contributed by atoms with Gasteiger partial charge in [0.25, 0.3) is 0 Å². The molecule has 0 aromatic heterocycles. The van der Waals surface area contributed by atoms with Crippen molar-refractivity contribution in [1.82, 2.24) is 0 Å². The predicted molar refractivity (Wildman–Crippen MR) is 54.8 cm³/mol. The fourth-order valence-electron chi connectivity index (χ4n) is 0.993. The summed E-state index contributed by atoms with van der Waals surface area (Å²) in [5.74, 6) is -0.668. The number of alkyl halides is 1. The van der Waals surface area contributed by atoms with E-state index in [2.05, 4.69) is 0 Å². The molecule has 0 heterocycles. The third-order valence-electron chi connectivity index (χ3n) is 1.66. The van der Waals surface area contributed by atoms with Crippen LogP contribution in [-0.4, -0.2) is 22.1 Å². The summed E-state index contributed by atoms with van der Waals surface area (Å²) in [6.45, 7) is 0. The van der Waals surface area contributed by atoms with Crippen molar-refractivity contribution in [1.29, 1.82) is 0 Å². The van der Waals surface area contributed by atoms with Gasteiger partial charge in [-0.3, -0.25) is 0 Å². The number of phenolic OH excluding ortho intramolecular Hbond substituents is 1. The number of phenols is 1. The van der Waals surface area contributed by atoms with Crippen LogP contribution in [0.3, 0.4) is 0 Å². The predicted octanol–water partition coefficient (Wildman–Crippen LogP) is 2.34. The molecule has 0 fully saturated rings. The Labute approximate surface area is 86.3 Å². The number of aromatic hydroxyl groups is 1. The highest BCUT2D eigenvalue weighted by Gasteiger charge is 2.05. The van der Waals surface area contributed by atoms with Gasteiger partial charge in [-0.05, 0) is 18.2 Å². The summed E-state index contributed by atoms with van der Waals surface area (Å²) < 4.78 is 0. The Kier molecular flexibility index (Phi) is 3.54. The summed E-state index contributed by atoms with van der Waals surface area (Å²) in [7, 11) is 0. The molecule has 0 aliphatic rings. The summed E-state index contributed by atoms with van der Waals surface area (Å²) in [5, 5.41) is 18.0. The van der Waals surface area contributed by atoms with E-state index >= 15 is 0 Å². The van der Waals surface area contributed by atoms with Gasteiger partial charge in [-0.15, -0.1) is 11.6 Å². The van der Waals surface area contributed by atoms with Crippen molar-refractivity contribution in [2.45, 2.75) is 0 Å². The molecule has 0 bridgehead atoms. The average molecular weight is 213 g/mol. The third-order valence-corrected chi connectivity index (χ3v) is 1.84. The second-order valence-corrected chi connectivity index (χ2v) is 2.94. The van der Waals surface area contributed by atoms with Gasteiger partial charge in [0.05, 0.1) is 5.56 Å². The molecular weight excluding hydrogens is 204 g/mol. The zero-order valence-corrected chi connectivity index (χ0v) is 8.03. The van der Waals surface area contributed by atoms with Gasteiger partial charge < -0.3 is 10.2 Å². The Balaban J connectivity index is 3.08. The minimum Gasteiger partial charge on any atom is -0.507 e. The quantitative estimate of drug-likeness (QED) is 0.757. The normalized spacial score (nSPS) is 10.6. The molecule has 3 nitrogen and oxygen atoms in total. The molecule has 0 aliphatic carbocycles. The van der Waals surface area contributed by atoms with Crippen molar-refractivity contribution in [2.24, 2.45) is 0 Å². The van der Waals surface area contributed by atoms with Crippen LogP contribution in [0.4, 0.5) is 0 Å². The zero-order chi connectivity index (χ0) is 10.6. The highest BCUT2D eigenvalue weighted by Crippen LogP contribution is 2.20. The largest absolute Gasteiger partial charge is 0.507 e. The topological polar surface area (TPSA) is 57.5 Å². The Morgan fingerprint density at radius 3 is 2.79 bits per heavy atom. The zero-order valence-electron chi connectivity index (χ0n) is 7.27. The molecule has 0 aliphatic heterocycles. The first-order valence-corrected chi connectivity index (χ1v) is 4.47. The standard InChI is InChI=1S/C10H9ClO3/c11-5-1-2-7-6-8(10(13)14)3-4-9(7)12/h1-4,6,12H,5H2,(H,13,14). The smallest absolute Gasteiger partial charge is 0.335 e. The maximum absolute atomic E-state index is 10.6. The highest BCUT2D eigenvalue weighted by atomic mass is 35.5. The number of carboxylic acids is 1. The van der Waals surface area contributed by atoms with Gasteiger partial charge in [-0.25, -0.2) is 4.79 Å². The molecule has 0 saturated heterocycles. The number of halogens is 1. The Morgan fingerprint density at radius 2 is 2.21 bits per heavy atom. The summed E-state index contributed by atoms with van der Waals surface area (Å²) in [6, 6.07) is 4.08. The summed E-state index contributed by atoms with van der Waals surface area (Å²) in [5.41, 5.74) is 0.586. The Morgan fingerprint density at radius 1 is 1.50 bits per heavy atom. The molecule has 1 aromatic carbocycles. The molecule has 1 aromatic rings. The molecule has 0 spiro atoms. The molecule has 14 heavy (non-hydrogen) atoms. The first-order chi connectivity index (χ1) is 6.65. The molecule has 2 N–H and O–H groups in total. The number of hydrogen-bond acceptors (Lipinski definition) is 2. The van der Waals surface area contributed by atoms with Gasteiger partial charge in [-0.1, -0.05) is 12.2 Å². The van der Waals surface area contributed by atoms with Crippen LogP contribution in [0.1, 0.15) is 15.9 Å². The lowest BCUT2D eigenvalue weighted by molar-refractivity contribution is 0.0697. The fourth-order valence-corrected chi connectivity index (χ4v) is 1.08. The molecule has 0 atom stereocenters. The van der Waals surface area contributed by atoms with E-state index in [-0.39, 0.29) is 11.3 Å². The number of benzene rings is 1. The minimum atomic E-state index is -1.02. The monoisotopic (exact) mass is 212 g/mol. The van der Waals surface area contributed by atoms with Crippen molar-refractivity contribution in [3.63, 3.8) is 0 Å². The first kappa shape index (κ1) is 10.6. The van der Waals surface area contributed by atoms with Gasteiger partial charge in [0, 0.05) is 11.4 Å². The van der Waals surface area contributed by atoms with Gasteiger partial charge >= 0.3 is 5.97 Å². The number of aromatic carboxylic acids is 1. The van der Waals surface area contributed by atoms with Crippen molar-refractivity contribution >= 4 is 23.6 Å². The lowest BCUT2D eigenvalue weighted by Gasteiger charge is -2.00. The Hall–Kier alpha value is -1.48. The fraction of sp³-hybridized carbons (Fsp3) is 0.100. The van der Waals surface area contributed by atoms with Crippen LogP contribution in [0, 0.1) is 0 Å². The van der Waals surface area contributed by atoms with Crippen LogP contribution >= 0.6 is 11.6 Å². The van der Waals surface area contributed by atoms with Crippen molar-refractivity contribution in [3.8, 4) is 5.75 Å². The average Bonchev–Trinajstić information content (AvgIpc) is 2.16. The highest BCUT2D eigenvalue weighted by molar-refractivity contribution is 6.19. The number of carbonyl (C=O) groups is 1. The molecular formula is C10H9ClO3. The van der Waals surface area contributed by atoms with E-state index in [9.17, 15) is 9.90 Å². The summed E-state index contributed by atoms with van der Waals surface area (Å²) in [6.07, 6.45) is 3.21. The van der Waals surface area contributed by atoms with E-state index in [1.807, 2.05) is 0 Å². The maximum Gasteiger partial charge on any atom is 0.335 e. The second kappa shape index (κ2) is 4.67. The van der Waals surface area contributed by atoms with Crippen LogP contribution in [0.5, 0.6) is 5.75 Å². The molecule has 1 rings (SSSR count). The van der Waals surface area contributed by atoms with Crippen molar-refractivity contribution in [3.05, 3.63) is 35.4 Å². The number of allylic oxidation sites excluding steroid dienone is 1. The van der Waals surface area contributed by atoms with Crippen LogP contribution in [0.15, 0.2) is 24.3 Å². The molecule has 0 amide bonds. The summed E-state index contributed by atoms with van der Waals surface area (Å²) >= 11 is 5.42. The van der Waals surface area contributed by atoms with Gasteiger partial charge in [0.15, 0.2) is 0 Å². The lowest BCUT2D eigenvalue weighted by Crippen LogP contribution is -1.95. The van der Waals surface area contributed by atoms with E-state index < -0.39 is 5.97 Å². The SMILES string of the molecule is O=C(O)c1ccc(O)c(C=CCCl)c1. The number of hydrogen-bond donors (Lipinski definition) is 2. The first-order valence-electron chi connectivity index (χ1n) is 3.94. The second-order valence-electron chi connectivity index (χ2n) is 2.64. The van der Waals surface area contributed by atoms with Gasteiger partial charge in [0.2, 0.25) is 0 Å². The van der Waals surface area contributed by atoms with Crippen molar-refractivity contribution in [2.75, 3.05) is 5.88 Å². The van der Waals surface area contributed by atoms with Crippen LogP contribution in [0.25, 0.3) is 6.08 Å². The van der Waals surface area contributed by atoms with Crippen molar-refractivity contribution < 1.29 is 15.0 Å². The number of rotatable bonds is 3. The van der Waals surface area contributed by atoms with E-state index in [0.29, 0.717) is 11.4 Å². The van der Waals surface area contributed by atoms with Gasteiger partial charge in [0.1, 0.15) is 5.75 Å². The van der Waals surface area contributed by atoms with E-state index in [1.165, 1.54) is 18.2 Å². The lowest BCUT2D eigenvalue weighted by atomic mass is 10.1. The van der Waals surface area contributed by atoms with Crippen LogP contribution in [0.2, 0.25) is 0 Å². The third kappa shape index (κ3) is 2.50. The molecule has 0 unspecified atom stereocenters. The number of carboxylic acid groups (broad SMARTS) is 1. The van der Waals surface area contributed by atoms with E-state index in [1.54, 1.807) is 12.2 Å². The summed E-state index contributed by atoms with van der Waals surface area (Å²) in [4.78, 5) is 10.6. The Bertz CT molecular complexity index is 372. The molecule has 0 radical (unpaired) electrons. The molecule has 74 valence electrons. The maximum atomic E-state index is 10.6. The minimum absolute atomic E-state index is 0.0383.